The summed E-state index contributed by atoms with van der Waals surface area (Å²) in [5, 5.41) is 3.01. The molecular formula is C20H24N2O2S. The number of benzene rings is 2. The summed E-state index contributed by atoms with van der Waals surface area (Å²) in [6, 6.07) is 16.4. The van der Waals surface area contributed by atoms with Crippen molar-refractivity contribution in [2.75, 3.05) is 0 Å². The first-order chi connectivity index (χ1) is 11.4. The molecule has 2 aromatic rings. The summed E-state index contributed by atoms with van der Waals surface area (Å²) in [5.41, 5.74) is 2.11. The number of fused-ring (bicyclic) bond motifs is 1. The summed E-state index contributed by atoms with van der Waals surface area (Å²) < 4.78 is 0. The summed E-state index contributed by atoms with van der Waals surface area (Å²) in [6.45, 7) is 6.26. The van der Waals surface area contributed by atoms with E-state index in [1.165, 1.54) is 0 Å². The quantitative estimate of drug-likeness (QED) is 0.916. The van der Waals surface area contributed by atoms with Crippen LogP contribution < -0.4 is 5.32 Å². The Bertz CT molecular complexity index is 769. The first-order valence-corrected chi connectivity index (χ1v) is 8.13. The summed E-state index contributed by atoms with van der Waals surface area (Å²) in [7, 11) is 0. The molecule has 2 aromatic carbocycles. The molecule has 5 heteroatoms. The number of hydrogen-bond donors (Lipinski definition) is 1. The van der Waals surface area contributed by atoms with Crippen molar-refractivity contribution in [3.8, 4) is 0 Å². The van der Waals surface area contributed by atoms with E-state index < -0.39 is 6.04 Å². The number of nitrogens with one attached hydrogen (secondary N) is 1. The van der Waals surface area contributed by atoms with Crippen LogP contribution in [-0.4, -0.2) is 22.3 Å². The Kier molecular flexibility index (Phi) is 5.58. The van der Waals surface area contributed by atoms with Gasteiger partial charge in [0.1, 0.15) is 6.04 Å². The Morgan fingerprint density at radius 3 is 2.24 bits per heavy atom. The molecule has 3 rings (SSSR count). The van der Waals surface area contributed by atoms with E-state index in [2.05, 4.69) is 5.32 Å². The molecule has 25 heavy (non-hydrogen) atoms. The lowest BCUT2D eigenvalue weighted by atomic mass is 10.0. The molecule has 0 radical (unpaired) electrons. The number of carbonyl (C=O) groups excluding carboxylic acids is 2. The molecule has 0 spiro atoms. The van der Waals surface area contributed by atoms with Crippen molar-refractivity contribution in [3.63, 3.8) is 0 Å². The lowest BCUT2D eigenvalue weighted by Crippen LogP contribution is -2.47. The Labute approximate surface area is 155 Å². The molecule has 0 aliphatic carbocycles. The fourth-order valence-corrected chi connectivity index (χ4v) is 3.03. The van der Waals surface area contributed by atoms with E-state index in [0.717, 1.165) is 11.1 Å². The van der Waals surface area contributed by atoms with Gasteiger partial charge in [-0.25, -0.2) is 0 Å². The molecule has 2 amide bonds. The fraction of sp³-hybridized carbons (Fsp3) is 0.300. The van der Waals surface area contributed by atoms with Gasteiger partial charge < -0.3 is 10.2 Å². The molecule has 0 saturated heterocycles. The zero-order valence-corrected chi connectivity index (χ0v) is 15.7. The van der Waals surface area contributed by atoms with Gasteiger partial charge in [-0.3, -0.25) is 9.59 Å². The zero-order valence-electron chi connectivity index (χ0n) is 14.7. The van der Waals surface area contributed by atoms with Crippen LogP contribution in [0.15, 0.2) is 54.6 Å². The molecule has 0 unspecified atom stereocenters. The maximum atomic E-state index is 12.9. The normalized spacial score (nSPS) is 14.5. The van der Waals surface area contributed by atoms with Crippen LogP contribution >= 0.6 is 13.5 Å². The lowest BCUT2D eigenvalue weighted by Gasteiger charge is -2.31. The SMILES string of the molecule is CC(C)(C)NC(=O)[C@H](c1ccccc1)N1Cc2ccccc2C1=O.S. The van der Waals surface area contributed by atoms with Gasteiger partial charge in [0.05, 0.1) is 0 Å². The van der Waals surface area contributed by atoms with Gasteiger partial charge >= 0.3 is 0 Å². The smallest absolute Gasteiger partial charge is 0.255 e. The predicted octanol–water partition coefficient (Wildman–Crippen LogP) is 3.41. The fourth-order valence-electron chi connectivity index (χ4n) is 3.03. The Morgan fingerprint density at radius 1 is 1.04 bits per heavy atom. The van der Waals surface area contributed by atoms with Crippen molar-refractivity contribution >= 4 is 25.3 Å². The average molecular weight is 356 g/mol. The van der Waals surface area contributed by atoms with Gasteiger partial charge in [-0.2, -0.15) is 13.5 Å². The number of rotatable bonds is 3. The monoisotopic (exact) mass is 356 g/mol. The van der Waals surface area contributed by atoms with E-state index in [-0.39, 0.29) is 30.8 Å². The van der Waals surface area contributed by atoms with Gasteiger partial charge in [0.2, 0.25) is 5.91 Å². The van der Waals surface area contributed by atoms with Crippen LogP contribution in [0.4, 0.5) is 0 Å². The largest absolute Gasteiger partial charge is 0.349 e. The molecule has 1 atom stereocenters. The van der Waals surface area contributed by atoms with Crippen LogP contribution in [0.3, 0.4) is 0 Å². The minimum atomic E-state index is -0.634. The Morgan fingerprint density at radius 2 is 1.64 bits per heavy atom. The van der Waals surface area contributed by atoms with E-state index >= 15 is 0 Å². The van der Waals surface area contributed by atoms with E-state index in [0.29, 0.717) is 12.1 Å². The van der Waals surface area contributed by atoms with Crippen molar-refractivity contribution < 1.29 is 9.59 Å². The molecule has 132 valence electrons. The number of carbonyl (C=O) groups is 2. The average Bonchev–Trinajstić information content (AvgIpc) is 2.84. The van der Waals surface area contributed by atoms with Crippen LogP contribution in [0.2, 0.25) is 0 Å². The van der Waals surface area contributed by atoms with Gasteiger partial charge in [-0.15, -0.1) is 0 Å². The van der Waals surface area contributed by atoms with E-state index in [1.54, 1.807) is 4.90 Å². The first kappa shape index (κ1) is 19.1. The van der Waals surface area contributed by atoms with Gasteiger partial charge in [0.25, 0.3) is 5.91 Å². The number of nitrogens with zero attached hydrogens (tertiary/aromatic N) is 1. The Hall–Kier alpha value is -2.27. The second-order valence-corrected chi connectivity index (χ2v) is 7.14. The van der Waals surface area contributed by atoms with Gasteiger partial charge in [0.15, 0.2) is 0 Å². The van der Waals surface area contributed by atoms with Gasteiger partial charge in [0, 0.05) is 17.6 Å². The Balaban J connectivity index is 0.00000225. The number of hydrogen-bond acceptors (Lipinski definition) is 2. The highest BCUT2D eigenvalue weighted by atomic mass is 32.1. The van der Waals surface area contributed by atoms with Crippen molar-refractivity contribution in [2.24, 2.45) is 0 Å². The van der Waals surface area contributed by atoms with Crippen molar-refractivity contribution in [3.05, 3.63) is 71.3 Å². The maximum Gasteiger partial charge on any atom is 0.255 e. The molecule has 1 heterocycles. The molecule has 0 saturated carbocycles. The van der Waals surface area contributed by atoms with Crippen LogP contribution in [-0.2, 0) is 11.3 Å². The van der Waals surface area contributed by atoms with Crippen LogP contribution in [0.5, 0.6) is 0 Å². The molecule has 4 nitrogen and oxygen atoms in total. The summed E-state index contributed by atoms with van der Waals surface area (Å²) in [4.78, 5) is 27.4. The third kappa shape index (κ3) is 4.04. The van der Waals surface area contributed by atoms with Gasteiger partial charge in [-0.05, 0) is 38.0 Å². The minimum Gasteiger partial charge on any atom is -0.349 e. The molecule has 0 bridgehead atoms. The minimum absolute atomic E-state index is 0. The molecular weight excluding hydrogens is 332 g/mol. The van der Waals surface area contributed by atoms with Crippen LogP contribution in [0, 0.1) is 0 Å². The summed E-state index contributed by atoms with van der Waals surface area (Å²) >= 11 is 0. The second-order valence-electron chi connectivity index (χ2n) is 7.14. The van der Waals surface area contributed by atoms with Gasteiger partial charge in [-0.1, -0.05) is 48.5 Å². The van der Waals surface area contributed by atoms with Crippen molar-refractivity contribution in [2.45, 2.75) is 38.9 Å². The van der Waals surface area contributed by atoms with Crippen LogP contribution in [0.25, 0.3) is 0 Å². The van der Waals surface area contributed by atoms with Crippen LogP contribution in [0.1, 0.15) is 48.3 Å². The third-order valence-electron chi connectivity index (χ3n) is 4.02. The zero-order chi connectivity index (χ0) is 17.3. The summed E-state index contributed by atoms with van der Waals surface area (Å²) in [6.07, 6.45) is 0. The summed E-state index contributed by atoms with van der Waals surface area (Å²) in [5.74, 6) is -0.252. The van der Waals surface area contributed by atoms with E-state index in [1.807, 2.05) is 75.4 Å². The highest BCUT2D eigenvalue weighted by molar-refractivity contribution is 7.59. The predicted molar refractivity (Wildman–Crippen MR) is 104 cm³/mol. The van der Waals surface area contributed by atoms with Crippen molar-refractivity contribution in [1.29, 1.82) is 0 Å². The maximum absolute atomic E-state index is 12.9. The molecule has 0 fully saturated rings. The third-order valence-corrected chi connectivity index (χ3v) is 4.02. The number of amides is 2. The first-order valence-electron chi connectivity index (χ1n) is 8.13. The molecule has 0 aromatic heterocycles. The lowest BCUT2D eigenvalue weighted by molar-refractivity contribution is -0.127. The van der Waals surface area contributed by atoms with E-state index in [4.69, 9.17) is 0 Å². The highest BCUT2D eigenvalue weighted by Crippen LogP contribution is 2.31. The second kappa shape index (κ2) is 7.31. The highest BCUT2D eigenvalue weighted by Gasteiger charge is 2.37. The van der Waals surface area contributed by atoms with Crippen molar-refractivity contribution in [1.82, 2.24) is 10.2 Å². The standard InChI is InChI=1S/C20H22N2O2.H2S/c1-20(2,3)21-18(23)17(14-9-5-4-6-10-14)22-13-15-11-7-8-12-16(15)19(22)24;/h4-12,17H,13H2,1-3H3,(H,21,23);1H2/t17-;/m0./s1. The molecule has 1 N–H and O–H groups in total. The molecule has 1 aliphatic rings. The topological polar surface area (TPSA) is 49.4 Å². The van der Waals surface area contributed by atoms with E-state index in [9.17, 15) is 9.59 Å². The molecule has 1 aliphatic heterocycles.